The van der Waals surface area contributed by atoms with E-state index >= 15 is 0 Å². The first-order valence-corrected chi connectivity index (χ1v) is 5.36. The van der Waals surface area contributed by atoms with Crippen molar-refractivity contribution in [2.24, 2.45) is 0 Å². The SMILES string of the molecule is O=C([O-])[C@H](O)[C@@H](O)[C@H](O)[C@H](O)CO.[Hg+].[c]1ccccc1. The van der Waals surface area contributed by atoms with E-state index in [1.54, 1.807) is 0 Å². The van der Waals surface area contributed by atoms with E-state index in [2.05, 4.69) is 6.07 Å². The average Bonchev–Trinajstić information content (AvgIpc) is 2.46. The van der Waals surface area contributed by atoms with Gasteiger partial charge in [-0.15, -0.1) is 0 Å². The Hall–Kier alpha value is -0.575. The Balaban J connectivity index is 0. The predicted octanol–water partition coefficient (Wildman–Crippen LogP) is -3.34. The number of aliphatic hydroxyl groups is 5. The molecule has 0 saturated carbocycles. The van der Waals surface area contributed by atoms with Gasteiger partial charge in [0.15, 0.2) is 0 Å². The first kappa shape index (κ1) is 21.7. The van der Waals surface area contributed by atoms with Crippen molar-refractivity contribution in [3.8, 4) is 0 Å². The second-order valence-electron chi connectivity index (χ2n) is 3.57. The molecule has 0 aromatic heterocycles. The van der Waals surface area contributed by atoms with Crippen LogP contribution in [0.15, 0.2) is 30.3 Å². The largest absolute Gasteiger partial charge is 1.00 e. The van der Waals surface area contributed by atoms with Crippen LogP contribution < -0.4 is 5.11 Å². The molecule has 0 spiro atoms. The van der Waals surface area contributed by atoms with E-state index < -0.39 is 37.0 Å². The second-order valence-corrected chi connectivity index (χ2v) is 3.57. The van der Waals surface area contributed by atoms with Gasteiger partial charge in [-0.3, -0.25) is 0 Å². The zero-order valence-electron chi connectivity index (χ0n) is 10.7. The number of hydrogen-bond acceptors (Lipinski definition) is 7. The van der Waals surface area contributed by atoms with E-state index in [9.17, 15) is 9.90 Å². The third-order valence-corrected chi connectivity index (χ3v) is 2.10. The van der Waals surface area contributed by atoms with Crippen LogP contribution in [0.5, 0.6) is 0 Å². The van der Waals surface area contributed by atoms with E-state index in [4.69, 9.17) is 25.5 Å². The standard InChI is InChI=1S/C6H12O7.C6H5.Hg/c7-1-2(8)3(9)4(10)5(11)6(12)13;1-2-4-6-5-3-1;/h2-5,7-11H,1H2,(H,12,13);1-5H;/q;;+1/p-1/t2-,3-,4+,5-;;/m1../s1. The minimum atomic E-state index is -2.31. The van der Waals surface area contributed by atoms with Crippen molar-refractivity contribution in [3.05, 3.63) is 36.4 Å². The summed E-state index contributed by atoms with van der Waals surface area (Å²) >= 11 is 0. The van der Waals surface area contributed by atoms with Crippen molar-refractivity contribution in [1.29, 1.82) is 0 Å². The molecule has 0 aliphatic heterocycles. The minimum absolute atomic E-state index is 0. The maximum atomic E-state index is 9.98. The molecule has 0 heterocycles. The molecule has 0 aliphatic rings. The Morgan fingerprint density at radius 2 is 1.55 bits per heavy atom. The summed E-state index contributed by atoms with van der Waals surface area (Å²) in [5, 5.41) is 53.4. The second kappa shape index (κ2) is 12.2. The van der Waals surface area contributed by atoms with Gasteiger partial charge in [0, 0.05) is 0 Å². The van der Waals surface area contributed by atoms with Crippen molar-refractivity contribution in [3.63, 3.8) is 0 Å². The Labute approximate surface area is 136 Å². The number of carbonyl (C=O) groups is 1. The molecule has 0 saturated heterocycles. The van der Waals surface area contributed by atoms with Gasteiger partial charge in [0.05, 0.1) is 12.6 Å². The normalized spacial score (nSPS) is 15.7. The topological polar surface area (TPSA) is 141 Å². The number of aliphatic carboxylic acids is 1. The number of carboxylic acid groups (broad SMARTS) is 1. The van der Waals surface area contributed by atoms with Gasteiger partial charge >= 0.3 is 27.7 Å². The molecule has 0 bridgehead atoms. The van der Waals surface area contributed by atoms with E-state index in [1.807, 2.05) is 30.3 Å². The summed E-state index contributed by atoms with van der Waals surface area (Å²) in [6.07, 6.45) is -8.08. The molecule has 4 atom stereocenters. The monoisotopic (exact) mass is 474 g/mol. The summed E-state index contributed by atoms with van der Waals surface area (Å²) in [5.74, 6) is -1.98. The fourth-order valence-corrected chi connectivity index (χ4v) is 1.00. The molecule has 20 heavy (non-hydrogen) atoms. The summed E-state index contributed by atoms with van der Waals surface area (Å²) in [7, 11) is 0. The average molecular weight is 473 g/mol. The van der Waals surface area contributed by atoms with E-state index in [-0.39, 0.29) is 27.7 Å². The smallest absolute Gasteiger partial charge is 0.547 e. The molecule has 0 fully saturated rings. The van der Waals surface area contributed by atoms with Crippen molar-refractivity contribution >= 4 is 5.97 Å². The number of aliphatic hydroxyl groups excluding tert-OH is 5. The molecule has 0 aliphatic carbocycles. The zero-order chi connectivity index (χ0) is 14.8. The first-order chi connectivity index (χ1) is 8.91. The van der Waals surface area contributed by atoms with E-state index in [0.717, 1.165) is 0 Å². The van der Waals surface area contributed by atoms with E-state index in [0.29, 0.717) is 0 Å². The molecular formula is C12H16HgO7. The van der Waals surface area contributed by atoms with Crippen LogP contribution in [0, 0.1) is 6.07 Å². The van der Waals surface area contributed by atoms with Crippen LogP contribution in [0.3, 0.4) is 0 Å². The van der Waals surface area contributed by atoms with Crippen molar-refractivity contribution in [2.75, 3.05) is 6.61 Å². The first-order valence-electron chi connectivity index (χ1n) is 5.36. The Morgan fingerprint density at radius 3 is 1.80 bits per heavy atom. The van der Waals surface area contributed by atoms with Gasteiger partial charge in [0.2, 0.25) is 0 Å². The number of benzene rings is 1. The summed E-state index contributed by atoms with van der Waals surface area (Å²) in [4.78, 5) is 9.98. The molecule has 8 heteroatoms. The van der Waals surface area contributed by atoms with Gasteiger partial charge in [0.1, 0.15) is 24.4 Å². The number of carboxylic acids is 1. The van der Waals surface area contributed by atoms with Crippen LogP contribution >= 0.6 is 0 Å². The minimum Gasteiger partial charge on any atom is -0.547 e. The Bertz CT molecular complexity index is 322. The molecule has 5 N–H and O–H groups in total. The van der Waals surface area contributed by atoms with Crippen LogP contribution in [-0.2, 0) is 32.5 Å². The molecule has 2 radical (unpaired) electrons. The van der Waals surface area contributed by atoms with Crippen LogP contribution in [0.4, 0.5) is 0 Å². The molecule has 0 unspecified atom stereocenters. The number of rotatable bonds is 5. The third kappa shape index (κ3) is 8.57. The van der Waals surface area contributed by atoms with Gasteiger partial charge in [-0.2, -0.15) is 0 Å². The molecule has 1 aromatic rings. The van der Waals surface area contributed by atoms with Crippen molar-refractivity contribution in [2.45, 2.75) is 24.4 Å². The molecule has 1 rings (SSSR count). The van der Waals surface area contributed by atoms with Crippen LogP contribution in [0.2, 0.25) is 0 Å². The van der Waals surface area contributed by atoms with Gasteiger partial charge in [-0.05, 0) is 6.07 Å². The molecule has 1 aromatic carbocycles. The summed E-state index contributed by atoms with van der Waals surface area (Å²) in [5.41, 5.74) is 0. The molecule has 0 amide bonds. The maximum absolute atomic E-state index is 9.98. The Morgan fingerprint density at radius 1 is 1.05 bits per heavy atom. The van der Waals surface area contributed by atoms with Crippen molar-refractivity contribution < 1.29 is 63.1 Å². The summed E-state index contributed by atoms with van der Waals surface area (Å²) < 4.78 is 0. The molecular weight excluding hydrogens is 457 g/mol. The van der Waals surface area contributed by atoms with Crippen LogP contribution in [0.1, 0.15) is 0 Å². The predicted molar refractivity (Wildman–Crippen MR) is 61.4 cm³/mol. The van der Waals surface area contributed by atoms with Gasteiger partial charge < -0.3 is 35.4 Å². The van der Waals surface area contributed by atoms with Gasteiger partial charge in [-0.1, -0.05) is 30.3 Å². The number of carbonyl (C=O) groups excluding carboxylic acids is 1. The van der Waals surface area contributed by atoms with Gasteiger partial charge in [-0.25, -0.2) is 0 Å². The summed E-state index contributed by atoms with van der Waals surface area (Å²) in [6, 6.07) is 12.5. The maximum Gasteiger partial charge on any atom is 1.00 e. The van der Waals surface area contributed by atoms with Crippen molar-refractivity contribution in [1.82, 2.24) is 0 Å². The number of hydrogen-bond donors (Lipinski definition) is 5. The summed E-state index contributed by atoms with van der Waals surface area (Å²) in [6.45, 7) is -0.863. The fraction of sp³-hybridized carbons (Fsp3) is 0.417. The van der Waals surface area contributed by atoms with Crippen LogP contribution in [-0.4, -0.2) is 62.5 Å². The zero-order valence-corrected chi connectivity index (χ0v) is 16.2. The van der Waals surface area contributed by atoms with Gasteiger partial charge in [0.25, 0.3) is 0 Å². The fourth-order valence-electron chi connectivity index (χ4n) is 1.00. The Kier molecular flexibility index (Phi) is 13.2. The van der Waals surface area contributed by atoms with Crippen LogP contribution in [0.25, 0.3) is 0 Å². The quantitative estimate of drug-likeness (QED) is 0.282. The molecule has 7 nitrogen and oxygen atoms in total. The molecule has 108 valence electrons. The van der Waals surface area contributed by atoms with E-state index in [1.165, 1.54) is 0 Å². The third-order valence-electron chi connectivity index (χ3n) is 2.10.